The van der Waals surface area contributed by atoms with Gasteiger partial charge in [0.1, 0.15) is 5.75 Å². The standard InChI is InChI=1S/C20H28N4O3/c1-15-14-17(25)18(20(26)24(15)12-13-27-3)19(16-6-4-5-7-21-16)23-10-8-22(2)9-11-23/h4-7,14,19,25H,8-13H2,1-3H3. The molecule has 1 saturated heterocycles. The van der Waals surface area contributed by atoms with Crippen molar-refractivity contribution in [1.82, 2.24) is 19.4 Å². The van der Waals surface area contributed by atoms with Gasteiger partial charge in [-0.25, -0.2) is 0 Å². The number of nitrogens with zero attached hydrogens (tertiary/aromatic N) is 4. The molecule has 1 N–H and O–H groups in total. The number of hydrogen-bond donors (Lipinski definition) is 1. The fourth-order valence-corrected chi connectivity index (χ4v) is 3.62. The van der Waals surface area contributed by atoms with Gasteiger partial charge in [-0.15, -0.1) is 0 Å². The number of pyridine rings is 2. The van der Waals surface area contributed by atoms with Gasteiger partial charge in [0.2, 0.25) is 0 Å². The topological polar surface area (TPSA) is 70.8 Å². The van der Waals surface area contributed by atoms with Crippen LogP contribution in [0.4, 0.5) is 0 Å². The molecular formula is C20H28N4O3. The highest BCUT2D eigenvalue weighted by atomic mass is 16.5. The Balaban J connectivity index is 2.11. The Kier molecular flexibility index (Phi) is 6.26. The van der Waals surface area contributed by atoms with Crippen molar-refractivity contribution in [3.8, 4) is 5.75 Å². The van der Waals surface area contributed by atoms with E-state index < -0.39 is 0 Å². The van der Waals surface area contributed by atoms with E-state index in [1.165, 1.54) is 0 Å². The molecular weight excluding hydrogens is 344 g/mol. The molecule has 146 valence electrons. The summed E-state index contributed by atoms with van der Waals surface area (Å²) in [7, 11) is 3.71. The predicted octanol–water partition coefficient (Wildman–Crippen LogP) is 1.24. The Labute approximate surface area is 159 Å². The first-order chi connectivity index (χ1) is 13.0. The number of aromatic nitrogens is 2. The zero-order valence-corrected chi connectivity index (χ0v) is 16.3. The maximum atomic E-state index is 13.3. The molecule has 1 fully saturated rings. The normalized spacial score (nSPS) is 17.1. The van der Waals surface area contributed by atoms with E-state index in [0.29, 0.717) is 18.7 Å². The van der Waals surface area contributed by atoms with Gasteiger partial charge in [-0.3, -0.25) is 14.7 Å². The fraction of sp³-hybridized carbons (Fsp3) is 0.500. The second kappa shape index (κ2) is 8.65. The van der Waals surface area contributed by atoms with E-state index >= 15 is 0 Å². The largest absolute Gasteiger partial charge is 0.507 e. The summed E-state index contributed by atoms with van der Waals surface area (Å²) in [5.74, 6) is 0.0285. The molecule has 1 aliphatic heterocycles. The molecule has 0 amide bonds. The molecule has 0 spiro atoms. The lowest BCUT2D eigenvalue weighted by Gasteiger charge is -2.38. The van der Waals surface area contributed by atoms with E-state index in [9.17, 15) is 9.90 Å². The first kappa shape index (κ1) is 19.5. The molecule has 0 bridgehead atoms. The van der Waals surface area contributed by atoms with Crippen LogP contribution in [-0.4, -0.2) is 71.4 Å². The molecule has 1 aliphatic rings. The number of aryl methyl sites for hydroxylation is 1. The fourth-order valence-electron chi connectivity index (χ4n) is 3.62. The van der Waals surface area contributed by atoms with E-state index in [2.05, 4.69) is 21.8 Å². The van der Waals surface area contributed by atoms with Crippen LogP contribution in [0.1, 0.15) is 23.0 Å². The minimum atomic E-state index is -0.373. The summed E-state index contributed by atoms with van der Waals surface area (Å²) in [5, 5.41) is 10.7. The summed E-state index contributed by atoms with van der Waals surface area (Å²) in [5.41, 5.74) is 1.70. The summed E-state index contributed by atoms with van der Waals surface area (Å²) in [4.78, 5) is 22.3. The van der Waals surface area contributed by atoms with Gasteiger partial charge in [0.15, 0.2) is 0 Å². The number of methoxy groups -OCH3 is 1. The highest BCUT2D eigenvalue weighted by molar-refractivity contribution is 5.39. The van der Waals surface area contributed by atoms with Crippen molar-refractivity contribution in [3.63, 3.8) is 0 Å². The molecule has 1 unspecified atom stereocenters. The number of likely N-dealkylation sites (N-methyl/N-ethyl adjacent to an activating group) is 1. The zero-order chi connectivity index (χ0) is 19.4. The van der Waals surface area contributed by atoms with Crippen LogP contribution in [-0.2, 0) is 11.3 Å². The van der Waals surface area contributed by atoms with E-state index in [0.717, 1.165) is 37.6 Å². The third-order valence-electron chi connectivity index (χ3n) is 5.19. The summed E-state index contributed by atoms with van der Waals surface area (Å²) in [6.07, 6.45) is 1.73. The molecule has 3 rings (SSSR count). The molecule has 0 saturated carbocycles. The number of hydrogen-bond acceptors (Lipinski definition) is 6. The van der Waals surface area contributed by atoms with Crippen LogP contribution in [0.3, 0.4) is 0 Å². The molecule has 27 heavy (non-hydrogen) atoms. The molecule has 1 atom stereocenters. The minimum Gasteiger partial charge on any atom is -0.507 e. The Morgan fingerprint density at radius 3 is 2.63 bits per heavy atom. The van der Waals surface area contributed by atoms with E-state index in [-0.39, 0.29) is 17.4 Å². The lowest BCUT2D eigenvalue weighted by molar-refractivity contribution is 0.123. The predicted molar refractivity (Wildman–Crippen MR) is 104 cm³/mol. The minimum absolute atomic E-state index is 0.0285. The number of aromatic hydroxyl groups is 1. The lowest BCUT2D eigenvalue weighted by Crippen LogP contribution is -2.47. The van der Waals surface area contributed by atoms with Gasteiger partial charge in [0, 0.05) is 51.7 Å². The average molecular weight is 372 g/mol. The second-order valence-corrected chi connectivity index (χ2v) is 7.03. The van der Waals surface area contributed by atoms with Gasteiger partial charge < -0.3 is 19.3 Å². The SMILES string of the molecule is COCCn1c(C)cc(O)c(C(c2ccccn2)N2CCN(C)CC2)c1=O. The van der Waals surface area contributed by atoms with Gasteiger partial charge in [0.05, 0.1) is 23.9 Å². The molecule has 0 radical (unpaired) electrons. The highest BCUT2D eigenvalue weighted by Gasteiger charge is 2.31. The molecule has 7 nitrogen and oxygen atoms in total. The number of rotatable bonds is 6. The van der Waals surface area contributed by atoms with Crippen molar-refractivity contribution in [3.05, 3.63) is 57.8 Å². The van der Waals surface area contributed by atoms with Gasteiger partial charge in [0.25, 0.3) is 5.56 Å². The summed E-state index contributed by atoms with van der Waals surface area (Å²) in [6, 6.07) is 6.98. The molecule has 2 aromatic heterocycles. The molecule has 0 aliphatic carbocycles. The van der Waals surface area contributed by atoms with Gasteiger partial charge >= 0.3 is 0 Å². The van der Waals surface area contributed by atoms with Crippen molar-refractivity contribution in [1.29, 1.82) is 0 Å². The van der Waals surface area contributed by atoms with Crippen LogP contribution >= 0.6 is 0 Å². The van der Waals surface area contributed by atoms with Crippen molar-refractivity contribution in [2.75, 3.05) is 46.9 Å². The maximum absolute atomic E-state index is 13.3. The first-order valence-corrected chi connectivity index (χ1v) is 9.28. The third kappa shape index (κ3) is 4.21. The highest BCUT2D eigenvalue weighted by Crippen LogP contribution is 2.32. The van der Waals surface area contributed by atoms with Crippen molar-refractivity contribution in [2.45, 2.75) is 19.5 Å². The smallest absolute Gasteiger partial charge is 0.259 e. The molecule has 0 aromatic carbocycles. The Hall–Kier alpha value is -2.22. The summed E-state index contributed by atoms with van der Waals surface area (Å²) >= 11 is 0. The van der Waals surface area contributed by atoms with E-state index in [4.69, 9.17) is 4.74 Å². The first-order valence-electron chi connectivity index (χ1n) is 9.28. The van der Waals surface area contributed by atoms with E-state index in [1.54, 1.807) is 23.9 Å². The van der Waals surface area contributed by atoms with Crippen LogP contribution in [0.2, 0.25) is 0 Å². The Morgan fingerprint density at radius 2 is 2.00 bits per heavy atom. The summed E-state index contributed by atoms with van der Waals surface area (Å²) in [6.45, 7) is 6.15. The third-order valence-corrected chi connectivity index (χ3v) is 5.19. The van der Waals surface area contributed by atoms with E-state index in [1.807, 2.05) is 25.1 Å². The van der Waals surface area contributed by atoms with Gasteiger partial charge in [-0.1, -0.05) is 6.07 Å². The quantitative estimate of drug-likeness (QED) is 0.823. The lowest BCUT2D eigenvalue weighted by atomic mass is 10.00. The van der Waals surface area contributed by atoms with Crippen LogP contribution in [0, 0.1) is 6.92 Å². The molecule has 2 aromatic rings. The second-order valence-electron chi connectivity index (χ2n) is 7.03. The van der Waals surface area contributed by atoms with Gasteiger partial charge in [-0.2, -0.15) is 0 Å². The number of piperazine rings is 1. The maximum Gasteiger partial charge on any atom is 0.259 e. The monoisotopic (exact) mass is 372 g/mol. The molecule has 7 heteroatoms. The Bertz CT molecular complexity index is 814. The zero-order valence-electron chi connectivity index (χ0n) is 16.3. The van der Waals surface area contributed by atoms with Crippen LogP contribution in [0.25, 0.3) is 0 Å². The Morgan fingerprint density at radius 1 is 1.26 bits per heavy atom. The van der Waals surface area contributed by atoms with Crippen LogP contribution in [0.15, 0.2) is 35.3 Å². The van der Waals surface area contributed by atoms with Crippen LogP contribution < -0.4 is 5.56 Å². The van der Waals surface area contributed by atoms with Crippen molar-refractivity contribution >= 4 is 0 Å². The molecule has 3 heterocycles. The van der Waals surface area contributed by atoms with Crippen LogP contribution in [0.5, 0.6) is 5.75 Å². The summed E-state index contributed by atoms with van der Waals surface area (Å²) < 4.78 is 6.82. The van der Waals surface area contributed by atoms with Crippen molar-refractivity contribution < 1.29 is 9.84 Å². The van der Waals surface area contributed by atoms with Gasteiger partial charge in [-0.05, 0) is 32.2 Å². The number of ether oxygens (including phenoxy) is 1. The van der Waals surface area contributed by atoms with Crippen molar-refractivity contribution in [2.24, 2.45) is 0 Å². The average Bonchev–Trinajstić information content (AvgIpc) is 2.66.